The highest BCUT2D eigenvalue weighted by Gasteiger charge is 2.24. The van der Waals surface area contributed by atoms with Crippen molar-refractivity contribution in [1.82, 2.24) is 20.4 Å². The molecular weight excluding hydrogens is 400 g/mol. The average molecular weight is 431 g/mol. The van der Waals surface area contributed by atoms with Gasteiger partial charge in [0.05, 0.1) is 17.9 Å². The SMILES string of the molecule is CCNC(=NCc1c(C)nn(-c2ccccc2)c1C)NCC1CC(=O)Nc2ccccc21. The van der Waals surface area contributed by atoms with Gasteiger partial charge in [-0.05, 0) is 44.5 Å². The number of hydrogen-bond acceptors (Lipinski definition) is 3. The van der Waals surface area contributed by atoms with Crippen molar-refractivity contribution in [3.63, 3.8) is 0 Å². The molecule has 4 rings (SSSR count). The number of anilines is 1. The maximum Gasteiger partial charge on any atom is 0.225 e. The second-order valence-corrected chi connectivity index (χ2v) is 8.01. The summed E-state index contributed by atoms with van der Waals surface area (Å²) in [5.74, 6) is 0.896. The van der Waals surface area contributed by atoms with E-state index in [1.54, 1.807) is 0 Å². The summed E-state index contributed by atoms with van der Waals surface area (Å²) in [5.41, 5.74) is 6.29. The fraction of sp³-hybridized carbons (Fsp3) is 0.320. The Balaban J connectivity index is 1.49. The van der Waals surface area contributed by atoms with Gasteiger partial charge in [0.2, 0.25) is 5.91 Å². The molecule has 32 heavy (non-hydrogen) atoms. The van der Waals surface area contributed by atoms with Gasteiger partial charge >= 0.3 is 0 Å². The molecule has 0 bridgehead atoms. The van der Waals surface area contributed by atoms with E-state index in [1.807, 2.05) is 54.9 Å². The molecule has 2 aromatic carbocycles. The third kappa shape index (κ3) is 4.66. The third-order valence-electron chi connectivity index (χ3n) is 5.80. The van der Waals surface area contributed by atoms with E-state index in [0.29, 0.717) is 19.5 Å². The topological polar surface area (TPSA) is 83.3 Å². The molecule has 7 heteroatoms. The molecule has 2 heterocycles. The van der Waals surface area contributed by atoms with Crippen molar-refractivity contribution in [2.45, 2.75) is 39.7 Å². The molecule has 1 aliphatic heterocycles. The Labute approximate surface area is 189 Å². The minimum atomic E-state index is 0.0528. The van der Waals surface area contributed by atoms with Crippen LogP contribution < -0.4 is 16.0 Å². The summed E-state index contributed by atoms with van der Waals surface area (Å²) in [6.07, 6.45) is 0.464. The van der Waals surface area contributed by atoms with Crippen molar-refractivity contribution < 1.29 is 4.79 Å². The van der Waals surface area contributed by atoms with Crippen molar-refractivity contribution >= 4 is 17.6 Å². The van der Waals surface area contributed by atoms with Gasteiger partial charge in [0.15, 0.2) is 5.96 Å². The summed E-state index contributed by atoms with van der Waals surface area (Å²) in [6.45, 7) is 8.07. The van der Waals surface area contributed by atoms with Crippen LogP contribution in [0.2, 0.25) is 0 Å². The van der Waals surface area contributed by atoms with Crippen LogP contribution in [0.1, 0.15) is 41.8 Å². The Hall–Kier alpha value is -3.61. The molecule has 0 saturated heterocycles. The first-order valence-corrected chi connectivity index (χ1v) is 11.1. The maximum atomic E-state index is 12.1. The predicted molar refractivity (Wildman–Crippen MR) is 128 cm³/mol. The number of guanidine groups is 1. The standard InChI is InChI=1S/C25H30N6O/c1-4-26-25(27-15-19-14-24(32)29-23-13-9-8-12-21(19)23)28-16-22-17(2)30-31(18(22)3)20-10-6-5-7-11-20/h5-13,19H,4,14-16H2,1-3H3,(H,29,32)(H2,26,27,28). The minimum absolute atomic E-state index is 0.0528. The van der Waals surface area contributed by atoms with Gasteiger partial charge in [-0.15, -0.1) is 0 Å². The number of nitrogens with zero attached hydrogens (tertiary/aromatic N) is 3. The highest BCUT2D eigenvalue weighted by Crippen LogP contribution is 2.31. The number of benzene rings is 2. The maximum absolute atomic E-state index is 12.1. The zero-order chi connectivity index (χ0) is 22.5. The van der Waals surface area contributed by atoms with Crippen LogP contribution >= 0.6 is 0 Å². The van der Waals surface area contributed by atoms with Crippen molar-refractivity contribution in [3.8, 4) is 5.69 Å². The summed E-state index contributed by atoms with van der Waals surface area (Å²) in [4.78, 5) is 16.9. The van der Waals surface area contributed by atoms with Crippen LogP contribution in [0.3, 0.4) is 0 Å². The largest absolute Gasteiger partial charge is 0.357 e. The van der Waals surface area contributed by atoms with Crippen LogP contribution in [-0.4, -0.2) is 34.7 Å². The lowest BCUT2D eigenvalue weighted by atomic mass is 9.90. The monoisotopic (exact) mass is 430 g/mol. The van der Waals surface area contributed by atoms with Gasteiger partial charge in [-0.1, -0.05) is 36.4 Å². The molecule has 0 spiro atoms. The number of rotatable bonds is 6. The Morgan fingerprint density at radius 3 is 2.66 bits per heavy atom. The van der Waals surface area contributed by atoms with E-state index in [0.717, 1.165) is 46.4 Å². The van der Waals surface area contributed by atoms with Gasteiger partial charge in [-0.25, -0.2) is 9.67 Å². The molecule has 0 saturated carbocycles. The summed E-state index contributed by atoms with van der Waals surface area (Å²) >= 11 is 0. The summed E-state index contributed by atoms with van der Waals surface area (Å²) in [5, 5.41) is 14.4. The highest BCUT2D eigenvalue weighted by molar-refractivity contribution is 5.94. The molecule has 166 valence electrons. The lowest BCUT2D eigenvalue weighted by Gasteiger charge is -2.26. The van der Waals surface area contributed by atoms with Crippen LogP contribution in [0.15, 0.2) is 59.6 Å². The van der Waals surface area contributed by atoms with Crippen LogP contribution in [-0.2, 0) is 11.3 Å². The fourth-order valence-corrected chi connectivity index (χ4v) is 4.13. The highest BCUT2D eigenvalue weighted by atomic mass is 16.1. The second-order valence-electron chi connectivity index (χ2n) is 8.01. The molecular formula is C25H30N6O. The summed E-state index contributed by atoms with van der Waals surface area (Å²) < 4.78 is 1.97. The van der Waals surface area contributed by atoms with E-state index in [-0.39, 0.29) is 11.8 Å². The number of aryl methyl sites for hydroxylation is 1. The Kier molecular flexibility index (Phi) is 6.54. The third-order valence-corrected chi connectivity index (χ3v) is 5.80. The molecule has 1 aromatic heterocycles. The number of hydrogen-bond donors (Lipinski definition) is 3. The van der Waals surface area contributed by atoms with E-state index in [9.17, 15) is 4.79 Å². The number of nitrogens with one attached hydrogen (secondary N) is 3. The molecule has 1 amide bonds. The van der Waals surface area contributed by atoms with E-state index >= 15 is 0 Å². The van der Waals surface area contributed by atoms with E-state index in [1.165, 1.54) is 0 Å². The average Bonchev–Trinajstić information content (AvgIpc) is 3.09. The Bertz CT molecular complexity index is 1120. The van der Waals surface area contributed by atoms with Gasteiger partial charge in [-0.3, -0.25) is 4.79 Å². The molecule has 1 atom stereocenters. The van der Waals surface area contributed by atoms with Gasteiger partial charge in [0, 0.05) is 42.4 Å². The van der Waals surface area contributed by atoms with E-state index in [4.69, 9.17) is 10.1 Å². The van der Waals surface area contributed by atoms with Gasteiger partial charge in [0.25, 0.3) is 0 Å². The number of aliphatic imine (C=N–C) groups is 1. The summed E-state index contributed by atoms with van der Waals surface area (Å²) in [6, 6.07) is 18.1. The van der Waals surface area contributed by atoms with Crippen LogP contribution in [0.5, 0.6) is 0 Å². The van der Waals surface area contributed by atoms with Gasteiger partial charge in [-0.2, -0.15) is 5.10 Å². The molecule has 1 unspecified atom stereocenters. The first kappa shape index (κ1) is 21.6. The van der Waals surface area contributed by atoms with Crippen LogP contribution in [0.4, 0.5) is 5.69 Å². The molecule has 0 radical (unpaired) electrons. The van der Waals surface area contributed by atoms with Crippen LogP contribution in [0.25, 0.3) is 5.69 Å². The van der Waals surface area contributed by atoms with E-state index in [2.05, 4.69) is 41.1 Å². The number of para-hydroxylation sites is 2. The first-order valence-electron chi connectivity index (χ1n) is 11.1. The Morgan fingerprint density at radius 2 is 1.88 bits per heavy atom. The smallest absolute Gasteiger partial charge is 0.225 e. The zero-order valence-electron chi connectivity index (χ0n) is 18.9. The predicted octanol–water partition coefficient (Wildman–Crippen LogP) is 3.67. The number of carbonyl (C=O) groups excluding carboxylic acids is 1. The molecule has 3 aromatic rings. The van der Waals surface area contributed by atoms with Crippen molar-refractivity contribution in [2.75, 3.05) is 18.4 Å². The lowest BCUT2D eigenvalue weighted by Crippen LogP contribution is -2.40. The minimum Gasteiger partial charge on any atom is -0.357 e. The van der Waals surface area contributed by atoms with Crippen molar-refractivity contribution in [1.29, 1.82) is 0 Å². The summed E-state index contributed by atoms with van der Waals surface area (Å²) in [7, 11) is 0. The molecule has 0 fully saturated rings. The zero-order valence-corrected chi connectivity index (χ0v) is 18.9. The Morgan fingerprint density at radius 1 is 1.12 bits per heavy atom. The van der Waals surface area contributed by atoms with E-state index < -0.39 is 0 Å². The molecule has 7 nitrogen and oxygen atoms in total. The quantitative estimate of drug-likeness (QED) is 0.412. The number of amides is 1. The first-order chi connectivity index (χ1) is 15.6. The van der Waals surface area contributed by atoms with Crippen molar-refractivity contribution in [2.24, 2.45) is 4.99 Å². The number of carbonyl (C=O) groups is 1. The lowest BCUT2D eigenvalue weighted by molar-refractivity contribution is -0.116. The van der Waals surface area contributed by atoms with Gasteiger partial charge in [0.1, 0.15) is 0 Å². The van der Waals surface area contributed by atoms with Crippen LogP contribution in [0, 0.1) is 13.8 Å². The fourth-order valence-electron chi connectivity index (χ4n) is 4.13. The molecule has 3 N–H and O–H groups in total. The number of aromatic nitrogens is 2. The molecule has 0 aliphatic carbocycles. The van der Waals surface area contributed by atoms with Crippen molar-refractivity contribution in [3.05, 3.63) is 77.1 Å². The normalized spacial score (nSPS) is 15.8. The molecule has 1 aliphatic rings. The van der Waals surface area contributed by atoms with Gasteiger partial charge < -0.3 is 16.0 Å². The number of fused-ring (bicyclic) bond motifs is 1. The second kappa shape index (κ2) is 9.68.